The molecule has 0 aromatic heterocycles. The van der Waals surface area contributed by atoms with Crippen molar-refractivity contribution in [1.82, 2.24) is 5.32 Å². The molecule has 1 aliphatic carbocycles. The van der Waals surface area contributed by atoms with Crippen LogP contribution in [0.3, 0.4) is 0 Å². The number of allylic oxidation sites excluding steroid dienone is 3. The molecule has 3 nitrogen and oxygen atoms in total. The molecule has 0 fully saturated rings. The minimum absolute atomic E-state index is 0.0110. The van der Waals surface area contributed by atoms with Gasteiger partial charge in [-0.3, -0.25) is 4.79 Å². The Kier molecular flexibility index (Phi) is 2.91. The lowest BCUT2D eigenvalue weighted by Crippen LogP contribution is -2.22. The minimum atomic E-state index is -0.831. The molecule has 1 unspecified atom stereocenters. The van der Waals surface area contributed by atoms with Gasteiger partial charge in [-0.2, -0.15) is 0 Å². The number of rotatable bonds is 3. The second kappa shape index (κ2) is 3.95. The van der Waals surface area contributed by atoms with E-state index >= 15 is 0 Å². The van der Waals surface area contributed by atoms with Crippen molar-refractivity contribution in [2.75, 3.05) is 6.54 Å². The summed E-state index contributed by atoms with van der Waals surface area (Å²) in [5, 5.41) is 11.2. The van der Waals surface area contributed by atoms with Crippen molar-refractivity contribution in [2.24, 2.45) is 5.92 Å². The van der Waals surface area contributed by atoms with Crippen LogP contribution in [-0.2, 0) is 4.79 Å². The summed E-state index contributed by atoms with van der Waals surface area (Å²) >= 11 is 0. The zero-order valence-electron chi connectivity index (χ0n) is 7.08. The van der Waals surface area contributed by atoms with Gasteiger partial charge >= 0.3 is 5.97 Å². The average Bonchev–Trinajstić information content (AvgIpc) is 2.01. The largest absolute Gasteiger partial charge is 0.480 e. The molecule has 0 heterocycles. The first-order valence-corrected chi connectivity index (χ1v) is 4.02. The number of aliphatic carboxylic acids is 1. The van der Waals surface area contributed by atoms with Crippen LogP contribution >= 0.6 is 0 Å². The average molecular weight is 167 g/mol. The molecule has 0 bridgehead atoms. The van der Waals surface area contributed by atoms with Gasteiger partial charge in [0.25, 0.3) is 0 Å². The maximum atomic E-state index is 10.2. The summed E-state index contributed by atoms with van der Waals surface area (Å²) in [7, 11) is 0. The van der Waals surface area contributed by atoms with E-state index < -0.39 is 5.97 Å². The Morgan fingerprint density at radius 1 is 1.83 bits per heavy atom. The zero-order valence-corrected chi connectivity index (χ0v) is 7.08. The van der Waals surface area contributed by atoms with Crippen LogP contribution in [0.5, 0.6) is 0 Å². The van der Waals surface area contributed by atoms with Crippen molar-refractivity contribution < 1.29 is 9.90 Å². The fourth-order valence-corrected chi connectivity index (χ4v) is 1.14. The summed E-state index contributed by atoms with van der Waals surface area (Å²) < 4.78 is 0. The first-order chi connectivity index (χ1) is 5.68. The first-order valence-electron chi connectivity index (χ1n) is 4.02. The van der Waals surface area contributed by atoms with Crippen LogP contribution in [0.4, 0.5) is 0 Å². The lowest BCUT2D eigenvalue weighted by atomic mass is 10.0. The van der Waals surface area contributed by atoms with E-state index in [0.29, 0.717) is 5.92 Å². The van der Waals surface area contributed by atoms with Crippen LogP contribution in [0.15, 0.2) is 23.9 Å². The summed E-state index contributed by atoms with van der Waals surface area (Å²) in [6, 6.07) is 0. The molecule has 0 spiro atoms. The van der Waals surface area contributed by atoms with Crippen LogP contribution in [0.1, 0.15) is 13.3 Å². The topological polar surface area (TPSA) is 49.3 Å². The minimum Gasteiger partial charge on any atom is -0.480 e. The molecule has 0 aliphatic heterocycles. The normalized spacial score (nSPS) is 21.8. The second-order valence-corrected chi connectivity index (χ2v) is 2.98. The van der Waals surface area contributed by atoms with Gasteiger partial charge in [0.05, 0.1) is 0 Å². The Bertz CT molecular complexity index is 231. The van der Waals surface area contributed by atoms with Crippen molar-refractivity contribution in [2.45, 2.75) is 13.3 Å². The summed E-state index contributed by atoms with van der Waals surface area (Å²) in [6.07, 6.45) is 7.05. The molecular formula is C9H13NO2. The van der Waals surface area contributed by atoms with E-state index in [2.05, 4.69) is 18.3 Å². The predicted octanol–water partition coefficient (Wildman–Crippen LogP) is 1.14. The highest BCUT2D eigenvalue weighted by atomic mass is 16.4. The monoisotopic (exact) mass is 167 g/mol. The lowest BCUT2D eigenvalue weighted by Gasteiger charge is -2.12. The predicted molar refractivity (Wildman–Crippen MR) is 46.6 cm³/mol. The van der Waals surface area contributed by atoms with Crippen molar-refractivity contribution in [3.05, 3.63) is 23.9 Å². The third-order valence-corrected chi connectivity index (χ3v) is 1.71. The van der Waals surface area contributed by atoms with Crippen molar-refractivity contribution in [1.29, 1.82) is 0 Å². The fraction of sp³-hybridized carbons (Fsp3) is 0.444. The molecule has 0 radical (unpaired) electrons. The number of carboxylic acids is 1. The first kappa shape index (κ1) is 8.84. The van der Waals surface area contributed by atoms with Gasteiger partial charge in [0, 0.05) is 5.70 Å². The summed E-state index contributed by atoms with van der Waals surface area (Å²) in [6.45, 7) is 2.09. The smallest absolute Gasteiger partial charge is 0.322 e. The fourth-order valence-electron chi connectivity index (χ4n) is 1.14. The van der Waals surface area contributed by atoms with Gasteiger partial charge in [0.2, 0.25) is 0 Å². The van der Waals surface area contributed by atoms with Crippen LogP contribution in [0.25, 0.3) is 0 Å². The lowest BCUT2D eigenvalue weighted by molar-refractivity contribution is -0.135. The molecule has 0 saturated heterocycles. The van der Waals surface area contributed by atoms with Gasteiger partial charge in [-0.15, -0.1) is 0 Å². The molecule has 12 heavy (non-hydrogen) atoms. The van der Waals surface area contributed by atoms with Crippen molar-refractivity contribution >= 4 is 5.97 Å². The number of carbonyl (C=O) groups is 1. The van der Waals surface area contributed by atoms with Crippen molar-refractivity contribution in [3.63, 3.8) is 0 Å². The molecule has 3 heteroatoms. The van der Waals surface area contributed by atoms with Gasteiger partial charge in [-0.1, -0.05) is 19.1 Å². The zero-order chi connectivity index (χ0) is 8.97. The third-order valence-electron chi connectivity index (χ3n) is 1.71. The highest BCUT2D eigenvalue weighted by Crippen LogP contribution is 2.13. The molecule has 1 rings (SSSR count). The van der Waals surface area contributed by atoms with E-state index in [-0.39, 0.29) is 6.54 Å². The van der Waals surface area contributed by atoms with E-state index in [1.807, 2.05) is 12.2 Å². The van der Waals surface area contributed by atoms with Crippen LogP contribution < -0.4 is 5.32 Å². The maximum Gasteiger partial charge on any atom is 0.322 e. The van der Waals surface area contributed by atoms with Crippen LogP contribution in [0.2, 0.25) is 0 Å². The molecule has 0 aromatic carbocycles. The molecular weight excluding hydrogens is 154 g/mol. The number of hydrogen-bond acceptors (Lipinski definition) is 2. The van der Waals surface area contributed by atoms with Gasteiger partial charge < -0.3 is 10.4 Å². The summed E-state index contributed by atoms with van der Waals surface area (Å²) in [4.78, 5) is 10.2. The molecule has 66 valence electrons. The van der Waals surface area contributed by atoms with E-state index in [9.17, 15) is 4.79 Å². The van der Waals surface area contributed by atoms with E-state index in [1.54, 1.807) is 0 Å². The number of carboxylic acid groups (broad SMARTS) is 1. The molecule has 2 N–H and O–H groups in total. The quantitative estimate of drug-likeness (QED) is 0.662. The molecule has 0 aromatic rings. The molecule has 1 atom stereocenters. The van der Waals surface area contributed by atoms with Gasteiger partial charge in [0.15, 0.2) is 0 Å². The van der Waals surface area contributed by atoms with Crippen LogP contribution in [-0.4, -0.2) is 17.6 Å². The SMILES string of the molecule is CC1C=C(NCC(=O)O)C=CC1. The highest BCUT2D eigenvalue weighted by Gasteiger charge is 2.04. The maximum absolute atomic E-state index is 10.2. The van der Waals surface area contributed by atoms with Gasteiger partial charge in [-0.05, 0) is 18.4 Å². The Hall–Kier alpha value is -1.25. The molecule has 0 saturated carbocycles. The highest BCUT2D eigenvalue weighted by molar-refractivity contribution is 5.69. The van der Waals surface area contributed by atoms with E-state index in [1.165, 1.54) is 0 Å². The Labute approximate surface area is 71.8 Å². The van der Waals surface area contributed by atoms with E-state index in [4.69, 9.17) is 5.11 Å². The van der Waals surface area contributed by atoms with E-state index in [0.717, 1.165) is 12.1 Å². The number of hydrogen-bond donors (Lipinski definition) is 2. The Morgan fingerprint density at radius 2 is 2.58 bits per heavy atom. The third kappa shape index (κ3) is 2.78. The van der Waals surface area contributed by atoms with Crippen molar-refractivity contribution in [3.8, 4) is 0 Å². The molecule has 0 amide bonds. The van der Waals surface area contributed by atoms with Crippen LogP contribution in [0, 0.1) is 5.92 Å². The summed E-state index contributed by atoms with van der Waals surface area (Å²) in [5.41, 5.74) is 0.913. The Morgan fingerprint density at radius 3 is 3.17 bits per heavy atom. The number of nitrogens with one attached hydrogen (secondary N) is 1. The molecule has 1 aliphatic rings. The standard InChI is InChI=1S/C9H13NO2/c1-7-3-2-4-8(5-7)10-6-9(11)12/h2,4-5,7,10H,3,6H2,1H3,(H,11,12). The second-order valence-electron chi connectivity index (χ2n) is 2.98. The van der Waals surface area contributed by atoms with Gasteiger partial charge in [-0.25, -0.2) is 0 Å². The van der Waals surface area contributed by atoms with Gasteiger partial charge in [0.1, 0.15) is 6.54 Å². The summed E-state index contributed by atoms with van der Waals surface area (Å²) in [5.74, 6) is -0.325. The Balaban J connectivity index is 2.41.